The van der Waals surface area contributed by atoms with Gasteiger partial charge in [-0.15, -0.1) is 0 Å². The molecule has 0 aliphatic carbocycles. The number of hydrogen-bond acceptors (Lipinski definition) is 4. The van der Waals surface area contributed by atoms with Gasteiger partial charge in [-0.25, -0.2) is 0 Å². The number of rotatable bonds is 4. The van der Waals surface area contributed by atoms with E-state index in [0.717, 1.165) is 16.3 Å². The van der Waals surface area contributed by atoms with Crippen molar-refractivity contribution in [2.45, 2.75) is 0 Å². The summed E-state index contributed by atoms with van der Waals surface area (Å²) in [5.74, 6) is -0.0391. The number of amides is 2. The molecule has 0 fully saturated rings. The molecule has 22 heavy (non-hydrogen) atoms. The van der Waals surface area contributed by atoms with Gasteiger partial charge in [-0.2, -0.15) is 5.01 Å². The molecule has 1 aliphatic heterocycles. The Labute approximate surface area is 127 Å². The van der Waals surface area contributed by atoms with E-state index in [1.54, 1.807) is 55.6 Å². The fourth-order valence-corrected chi connectivity index (χ4v) is 2.28. The molecule has 110 valence electrons. The maximum absolute atomic E-state index is 12.3. The van der Waals surface area contributed by atoms with Crippen molar-refractivity contribution in [2.75, 3.05) is 7.11 Å². The van der Waals surface area contributed by atoms with Gasteiger partial charge in [0.1, 0.15) is 5.75 Å². The first-order valence-electron chi connectivity index (χ1n) is 6.69. The molecule has 0 radical (unpaired) electrons. The van der Waals surface area contributed by atoms with Crippen LogP contribution < -0.4 is 10.2 Å². The van der Waals surface area contributed by atoms with Crippen molar-refractivity contribution < 1.29 is 14.3 Å². The van der Waals surface area contributed by atoms with Gasteiger partial charge in [0.25, 0.3) is 11.8 Å². The molecule has 2 amide bonds. The van der Waals surface area contributed by atoms with Crippen molar-refractivity contribution >= 4 is 17.5 Å². The van der Waals surface area contributed by atoms with Crippen LogP contribution in [0.2, 0.25) is 0 Å². The van der Waals surface area contributed by atoms with Crippen molar-refractivity contribution in [3.8, 4) is 5.75 Å². The second-order valence-corrected chi connectivity index (χ2v) is 4.81. The van der Waals surface area contributed by atoms with Gasteiger partial charge in [-0.3, -0.25) is 15.0 Å². The number of hydrogen-bond donors (Lipinski definition) is 1. The Morgan fingerprint density at radius 1 is 1.00 bits per heavy atom. The van der Waals surface area contributed by atoms with Gasteiger partial charge < -0.3 is 4.74 Å². The van der Waals surface area contributed by atoms with Crippen LogP contribution in [0.4, 0.5) is 0 Å². The Hall–Kier alpha value is -3.08. The number of ether oxygens (including phenoxy) is 1. The number of hydrazine groups is 1. The summed E-state index contributed by atoms with van der Waals surface area (Å²) in [6.07, 6.45) is 0. The molecule has 0 unspecified atom stereocenters. The van der Waals surface area contributed by atoms with Crippen LogP contribution in [0.25, 0.3) is 5.70 Å². The van der Waals surface area contributed by atoms with E-state index in [4.69, 9.17) is 4.74 Å². The lowest BCUT2D eigenvalue weighted by Crippen LogP contribution is -2.41. The van der Waals surface area contributed by atoms with Gasteiger partial charge >= 0.3 is 0 Å². The molecule has 0 saturated heterocycles. The molecule has 1 heterocycles. The molecule has 1 aliphatic rings. The fourth-order valence-electron chi connectivity index (χ4n) is 2.28. The van der Waals surface area contributed by atoms with Crippen molar-refractivity contribution in [2.24, 2.45) is 0 Å². The normalized spacial score (nSPS) is 13.0. The molecule has 0 atom stereocenters. The number of carbonyl (C=O) groups excluding carboxylic acids is 2. The van der Waals surface area contributed by atoms with E-state index in [-0.39, 0.29) is 11.8 Å². The Morgan fingerprint density at radius 3 is 2.05 bits per heavy atom. The molecule has 0 bridgehead atoms. The molecule has 5 heteroatoms. The summed E-state index contributed by atoms with van der Waals surface area (Å²) in [6.45, 7) is 3.88. The van der Waals surface area contributed by atoms with Crippen LogP contribution >= 0.6 is 0 Å². The van der Waals surface area contributed by atoms with Crippen LogP contribution in [-0.4, -0.2) is 23.9 Å². The lowest BCUT2D eigenvalue weighted by Gasteiger charge is -2.18. The molecular formula is C17H14N2O3. The SMILES string of the molecule is C=C(NN1C(=O)c2ccccc2C1=O)c1ccc(OC)cc1. The highest BCUT2D eigenvalue weighted by Gasteiger charge is 2.35. The standard InChI is InChI=1S/C17H14N2O3/c1-11(12-7-9-13(22-2)10-8-12)18-19-16(20)14-5-3-4-6-15(14)17(19)21/h3-10,18H,1H2,2H3. The quantitative estimate of drug-likeness (QED) is 0.880. The molecule has 2 aromatic carbocycles. The van der Waals surface area contributed by atoms with Crippen molar-refractivity contribution in [3.63, 3.8) is 0 Å². The van der Waals surface area contributed by atoms with E-state index in [0.29, 0.717) is 16.8 Å². The first-order chi connectivity index (χ1) is 10.6. The van der Waals surface area contributed by atoms with Gasteiger partial charge in [-0.1, -0.05) is 18.7 Å². The average molecular weight is 294 g/mol. The summed E-state index contributed by atoms with van der Waals surface area (Å²) in [4.78, 5) is 24.5. The van der Waals surface area contributed by atoms with Crippen molar-refractivity contribution in [3.05, 3.63) is 71.8 Å². The highest BCUT2D eigenvalue weighted by atomic mass is 16.5. The Balaban J connectivity index is 1.80. The molecule has 3 rings (SSSR count). The monoisotopic (exact) mass is 294 g/mol. The van der Waals surface area contributed by atoms with E-state index in [1.807, 2.05) is 0 Å². The third-order valence-electron chi connectivity index (χ3n) is 3.48. The maximum Gasteiger partial charge on any atom is 0.280 e. The predicted molar refractivity (Wildman–Crippen MR) is 82.1 cm³/mol. The van der Waals surface area contributed by atoms with E-state index in [9.17, 15) is 9.59 Å². The number of methoxy groups -OCH3 is 1. The molecule has 0 saturated carbocycles. The average Bonchev–Trinajstić information content (AvgIpc) is 2.80. The highest BCUT2D eigenvalue weighted by Crippen LogP contribution is 2.23. The molecule has 2 aromatic rings. The fraction of sp³-hybridized carbons (Fsp3) is 0.0588. The van der Waals surface area contributed by atoms with Crippen LogP contribution in [0.3, 0.4) is 0 Å². The number of fused-ring (bicyclic) bond motifs is 1. The molecule has 1 N–H and O–H groups in total. The van der Waals surface area contributed by atoms with Gasteiger partial charge in [0.05, 0.1) is 23.9 Å². The largest absolute Gasteiger partial charge is 0.497 e. The van der Waals surface area contributed by atoms with Gasteiger partial charge in [0, 0.05) is 0 Å². The zero-order valence-corrected chi connectivity index (χ0v) is 12.0. The first kappa shape index (κ1) is 13.9. The summed E-state index contributed by atoms with van der Waals surface area (Å²) < 4.78 is 5.09. The molecule has 0 spiro atoms. The third-order valence-corrected chi connectivity index (χ3v) is 3.48. The number of nitrogens with zero attached hydrogens (tertiary/aromatic N) is 1. The minimum Gasteiger partial charge on any atom is -0.497 e. The summed E-state index contributed by atoms with van der Waals surface area (Å²) in [5, 5.41) is 0.983. The number of benzene rings is 2. The minimum atomic E-state index is -0.379. The van der Waals surface area contributed by atoms with Crippen molar-refractivity contribution in [1.82, 2.24) is 10.4 Å². The molecular weight excluding hydrogens is 280 g/mol. The van der Waals surface area contributed by atoms with Crippen LogP contribution in [-0.2, 0) is 0 Å². The molecule has 5 nitrogen and oxygen atoms in total. The zero-order chi connectivity index (χ0) is 15.7. The Kier molecular flexibility index (Phi) is 3.39. The molecule has 0 aromatic heterocycles. The summed E-state index contributed by atoms with van der Waals surface area (Å²) in [6, 6.07) is 13.9. The zero-order valence-electron chi connectivity index (χ0n) is 12.0. The van der Waals surface area contributed by atoms with E-state index < -0.39 is 0 Å². The van der Waals surface area contributed by atoms with E-state index >= 15 is 0 Å². The lowest BCUT2D eigenvalue weighted by atomic mass is 10.1. The van der Waals surface area contributed by atoms with Gasteiger partial charge in [0.2, 0.25) is 0 Å². The highest BCUT2D eigenvalue weighted by molar-refractivity contribution is 6.21. The Bertz CT molecular complexity index is 731. The summed E-state index contributed by atoms with van der Waals surface area (Å²) in [7, 11) is 1.58. The second kappa shape index (κ2) is 5.37. The lowest BCUT2D eigenvalue weighted by molar-refractivity contribution is 0.0606. The second-order valence-electron chi connectivity index (χ2n) is 4.81. The van der Waals surface area contributed by atoms with Gasteiger partial charge in [0.15, 0.2) is 0 Å². The maximum atomic E-state index is 12.3. The number of nitrogens with one attached hydrogen (secondary N) is 1. The van der Waals surface area contributed by atoms with Crippen molar-refractivity contribution in [1.29, 1.82) is 0 Å². The number of carbonyl (C=O) groups is 2. The summed E-state index contributed by atoms with van der Waals surface area (Å²) in [5.41, 5.74) is 4.78. The van der Waals surface area contributed by atoms with Crippen LogP contribution in [0.1, 0.15) is 26.3 Å². The van der Waals surface area contributed by atoms with E-state index in [2.05, 4.69) is 12.0 Å². The van der Waals surface area contributed by atoms with E-state index in [1.165, 1.54) is 0 Å². The first-order valence-corrected chi connectivity index (χ1v) is 6.69. The van der Waals surface area contributed by atoms with Crippen LogP contribution in [0.15, 0.2) is 55.1 Å². The van der Waals surface area contributed by atoms with Crippen LogP contribution in [0, 0.1) is 0 Å². The van der Waals surface area contributed by atoms with Crippen LogP contribution in [0.5, 0.6) is 5.75 Å². The minimum absolute atomic E-state index is 0.379. The number of imide groups is 1. The Morgan fingerprint density at radius 2 is 1.55 bits per heavy atom. The smallest absolute Gasteiger partial charge is 0.280 e. The predicted octanol–water partition coefficient (Wildman–Crippen LogP) is 2.47. The topological polar surface area (TPSA) is 58.6 Å². The summed E-state index contributed by atoms with van der Waals surface area (Å²) >= 11 is 0. The van der Waals surface area contributed by atoms with Gasteiger partial charge in [-0.05, 0) is 42.0 Å². The third kappa shape index (κ3) is 2.22.